The summed E-state index contributed by atoms with van der Waals surface area (Å²) in [4.78, 5) is 20.7. The number of para-hydroxylation sites is 1. The number of pyridine rings is 1. The Labute approximate surface area is 167 Å². The summed E-state index contributed by atoms with van der Waals surface area (Å²) < 4.78 is 34.9. The van der Waals surface area contributed by atoms with Gasteiger partial charge in [-0.3, -0.25) is 15.1 Å². The second-order valence-corrected chi connectivity index (χ2v) is 6.54. The smallest absolute Gasteiger partial charge is 0.387 e. The number of alkyl halides is 2. The first kappa shape index (κ1) is 18.7. The number of ether oxygens (including phenoxy) is 1. The number of hydrogen-bond donors (Lipinski definition) is 1. The molecule has 10 heteroatoms. The maximum absolute atomic E-state index is 12.6. The van der Waals surface area contributed by atoms with Crippen molar-refractivity contribution in [3.05, 3.63) is 65.9 Å². The van der Waals surface area contributed by atoms with Crippen LogP contribution >= 0.6 is 11.3 Å². The van der Waals surface area contributed by atoms with Crippen molar-refractivity contribution in [2.75, 3.05) is 5.32 Å². The lowest BCUT2D eigenvalue weighted by atomic mass is 10.1. The fraction of sp³-hybridized carbons (Fsp3) is 0.0526. The van der Waals surface area contributed by atoms with Gasteiger partial charge in [-0.15, -0.1) is 11.3 Å². The Kier molecular flexibility index (Phi) is 5.25. The fourth-order valence-corrected chi connectivity index (χ4v) is 3.23. The molecule has 1 amide bonds. The SMILES string of the molecule is O=C(Nc1nc(-c2ccccc2OC(F)F)cs1)c1cc(-c2cccnc2)on1. The van der Waals surface area contributed by atoms with Crippen molar-refractivity contribution in [3.63, 3.8) is 0 Å². The van der Waals surface area contributed by atoms with Crippen LogP contribution in [-0.4, -0.2) is 27.6 Å². The lowest BCUT2D eigenvalue weighted by Gasteiger charge is -2.08. The van der Waals surface area contributed by atoms with E-state index in [4.69, 9.17) is 4.52 Å². The molecule has 0 bridgehead atoms. The highest BCUT2D eigenvalue weighted by atomic mass is 32.1. The first-order valence-electron chi connectivity index (χ1n) is 8.28. The zero-order valence-electron chi connectivity index (χ0n) is 14.6. The molecule has 0 aliphatic rings. The number of thiazole rings is 1. The normalized spacial score (nSPS) is 10.9. The fourth-order valence-electron chi connectivity index (χ4n) is 2.52. The third-order valence-corrected chi connectivity index (χ3v) is 4.55. The predicted molar refractivity (Wildman–Crippen MR) is 102 cm³/mol. The minimum absolute atomic E-state index is 0.00305. The number of nitrogens with one attached hydrogen (secondary N) is 1. The number of halogens is 2. The van der Waals surface area contributed by atoms with Crippen molar-refractivity contribution < 1.29 is 22.8 Å². The second kappa shape index (κ2) is 8.15. The number of anilines is 1. The monoisotopic (exact) mass is 414 g/mol. The molecule has 0 radical (unpaired) electrons. The maximum Gasteiger partial charge on any atom is 0.387 e. The summed E-state index contributed by atoms with van der Waals surface area (Å²) in [6.45, 7) is -2.95. The number of benzene rings is 1. The summed E-state index contributed by atoms with van der Waals surface area (Å²) in [7, 11) is 0. The zero-order chi connectivity index (χ0) is 20.2. The van der Waals surface area contributed by atoms with E-state index in [1.54, 1.807) is 48.1 Å². The average molecular weight is 414 g/mol. The Balaban J connectivity index is 1.50. The zero-order valence-corrected chi connectivity index (χ0v) is 15.4. The Morgan fingerprint density at radius 2 is 2.07 bits per heavy atom. The summed E-state index contributed by atoms with van der Waals surface area (Å²) in [5.41, 5.74) is 1.55. The molecule has 0 atom stereocenters. The predicted octanol–water partition coefficient (Wildman–Crippen LogP) is 4.71. The van der Waals surface area contributed by atoms with Crippen molar-refractivity contribution >= 4 is 22.4 Å². The Bertz CT molecular complexity index is 1130. The van der Waals surface area contributed by atoms with Crippen molar-refractivity contribution in [3.8, 4) is 28.3 Å². The largest absolute Gasteiger partial charge is 0.434 e. The highest BCUT2D eigenvalue weighted by Crippen LogP contribution is 2.33. The third kappa shape index (κ3) is 4.27. The molecule has 146 valence electrons. The van der Waals surface area contributed by atoms with Crippen molar-refractivity contribution in [1.82, 2.24) is 15.1 Å². The molecule has 4 aromatic rings. The van der Waals surface area contributed by atoms with Gasteiger partial charge in [-0.2, -0.15) is 8.78 Å². The molecule has 3 heterocycles. The minimum atomic E-state index is -2.95. The van der Waals surface area contributed by atoms with E-state index in [0.29, 0.717) is 22.6 Å². The van der Waals surface area contributed by atoms with E-state index in [1.165, 1.54) is 12.1 Å². The first-order chi connectivity index (χ1) is 14.1. The summed E-state index contributed by atoms with van der Waals surface area (Å²) >= 11 is 1.14. The quantitative estimate of drug-likeness (QED) is 0.491. The van der Waals surface area contributed by atoms with E-state index >= 15 is 0 Å². The van der Waals surface area contributed by atoms with Crippen LogP contribution in [0.1, 0.15) is 10.5 Å². The third-order valence-electron chi connectivity index (χ3n) is 3.79. The Morgan fingerprint density at radius 1 is 1.21 bits per heavy atom. The van der Waals surface area contributed by atoms with Gasteiger partial charge >= 0.3 is 6.61 Å². The molecule has 29 heavy (non-hydrogen) atoms. The summed E-state index contributed by atoms with van der Waals surface area (Å²) in [5, 5.41) is 8.29. The van der Waals surface area contributed by atoms with E-state index in [-0.39, 0.29) is 16.6 Å². The van der Waals surface area contributed by atoms with Gasteiger partial charge in [-0.1, -0.05) is 17.3 Å². The molecule has 7 nitrogen and oxygen atoms in total. The van der Waals surface area contributed by atoms with Gasteiger partial charge in [-0.05, 0) is 24.3 Å². The van der Waals surface area contributed by atoms with Crippen LogP contribution in [0.15, 0.2) is 64.8 Å². The number of hydrogen-bond acceptors (Lipinski definition) is 7. The topological polar surface area (TPSA) is 90.1 Å². The molecular formula is C19H12F2N4O3S. The van der Waals surface area contributed by atoms with Gasteiger partial charge in [0.15, 0.2) is 16.6 Å². The van der Waals surface area contributed by atoms with E-state index in [1.807, 2.05) is 0 Å². The molecule has 0 saturated heterocycles. The van der Waals surface area contributed by atoms with Crippen molar-refractivity contribution in [2.45, 2.75) is 6.61 Å². The van der Waals surface area contributed by atoms with Gasteiger partial charge in [0.25, 0.3) is 5.91 Å². The molecule has 0 saturated carbocycles. The average Bonchev–Trinajstić information content (AvgIpc) is 3.38. The van der Waals surface area contributed by atoms with Gasteiger partial charge in [0.1, 0.15) is 5.75 Å². The van der Waals surface area contributed by atoms with Crippen LogP contribution in [0.5, 0.6) is 5.75 Å². The van der Waals surface area contributed by atoms with Crippen LogP contribution in [0.2, 0.25) is 0 Å². The number of carbonyl (C=O) groups excluding carboxylic acids is 1. The molecule has 1 N–H and O–H groups in total. The summed E-state index contributed by atoms with van der Waals surface area (Å²) in [5.74, 6) is -0.105. The van der Waals surface area contributed by atoms with Crippen LogP contribution in [-0.2, 0) is 0 Å². The van der Waals surface area contributed by atoms with Gasteiger partial charge in [0, 0.05) is 35.0 Å². The number of aromatic nitrogens is 3. The van der Waals surface area contributed by atoms with Crippen LogP contribution in [0.25, 0.3) is 22.6 Å². The highest BCUT2D eigenvalue weighted by Gasteiger charge is 2.17. The number of amides is 1. The lowest BCUT2D eigenvalue weighted by molar-refractivity contribution is -0.0494. The molecule has 0 fully saturated rings. The van der Waals surface area contributed by atoms with Crippen LogP contribution in [0.4, 0.5) is 13.9 Å². The standard InChI is InChI=1S/C19H12F2N4O3S/c20-18(21)27-15-6-2-1-5-12(15)14-10-29-19(23-14)24-17(26)13-8-16(28-25-13)11-4-3-7-22-9-11/h1-10,18H,(H,23,24,26). The molecule has 0 unspecified atom stereocenters. The van der Waals surface area contributed by atoms with E-state index < -0.39 is 12.5 Å². The molecule has 1 aromatic carbocycles. The van der Waals surface area contributed by atoms with Crippen LogP contribution < -0.4 is 10.1 Å². The van der Waals surface area contributed by atoms with Gasteiger partial charge in [-0.25, -0.2) is 4.98 Å². The molecule has 0 spiro atoms. The number of rotatable bonds is 6. The second-order valence-electron chi connectivity index (χ2n) is 5.68. The van der Waals surface area contributed by atoms with Crippen molar-refractivity contribution in [1.29, 1.82) is 0 Å². The first-order valence-corrected chi connectivity index (χ1v) is 9.16. The summed E-state index contributed by atoms with van der Waals surface area (Å²) in [6.07, 6.45) is 3.21. The van der Waals surface area contributed by atoms with Crippen molar-refractivity contribution in [2.24, 2.45) is 0 Å². The molecule has 4 rings (SSSR count). The van der Waals surface area contributed by atoms with E-state index in [0.717, 1.165) is 11.3 Å². The Morgan fingerprint density at radius 3 is 2.86 bits per heavy atom. The van der Waals surface area contributed by atoms with Crippen LogP contribution in [0, 0.1) is 0 Å². The lowest BCUT2D eigenvalue weighted by Crippen LogP contribution is -2.11. The van der Waals surface area contributed by atoms with E-state index in [2.05, 4.69) is 25.2 Å². The summed E-state index contributed by atoms with van der Waals surface area (Å²) in [6, 6.07) is 11.3. The highest BCUT2D eigenvalue weighted by molar-refractivity contribution is 7.14. The molecule has 0 aliphatic heterocycles. The Hall–Kier alpha value is -3.66. The molecular weight excluding hydrogens is 402 g/mol. The van der Waals surface area contributed by atoms with E-state index in [9.17, 15) is 13.6 Å². The number of carbonyl (C=O) groups is 1. The van der Waals surface area contributed by atoms with Crippen LogP contribution in [0.3, 0.4) is 0 Å². The van der Waals surface area contributed by atoms with Gasteiger partial charge < -0.3 is 9.26 Å². The van der Waals surface area contributed by atoms with Gasteiger partial charge in [0.05, 0.1) is 5.69 Å². The van der Waals surface area contributed by atoms with Gasteiger partial charge in [0.2, 0.25) is 0 Å². The maximum atomic E-state index is 12.6. The number of nitrogens with zero attached hydrogens (tertiary/aromatic N) is 3. The molecule has 3 aromatic heterocycles. The molecule has 0 aliphatic carbocycles. The minimum Gasteiger partial charge on any atom is -0.434 e.